The van der Waals surface area contributed by atoms with Crippen LogP contribution < -0.4 is 0 Å². The molecule has 1 amide bonds. The summed E-state index contributed by atoms with van der Waals surface area (Å²) in [6.45, 7) is 6.50. The zero-order valence-corrected chi connectivity index (χ0v) is 13.2. The minimum atomic E-state index is 0.00208. The fourth-order valence-electron chi connectivity index (χ4n) is 3.17. The van der Waals surface area contributed by atoms with Crippen molar-refractivity contribution in [1.29, 1.82) is 0 Å². The number of furan rings is 1. The van der Waals surface area contributed by atoms with Gasteiger partial charge in [-0.1, -0.05) is 0 Å². The van der Waals surface area contributed by atoms with Crippen molar-refractivity contribution in [2.24, 2.45) is 0 Å². The van der Waals surface area contributed by atoms with Gasteiger partial charge in [-0.25, -0.2) is 0 Å². The van der Waals surface area contributed by atoms with Crippen molar-refractivity contribution in [1.82, 2.24) is 14.7 Å². The number of methoxy groups -OCH3 is 1. The Labute approximate surface area is 129 Å². The minimum absolute atomic E-state index is 0.00208. The summed E-state index contributed by atoms with van der Waals surface area (Å²) in [6.07, 6.45) is 3.42. The van der Waals surface area contributed by atoms with Gasteiger partial charge in [0.2, 0.25) is 0 Å². The van der Waals surface area contributed by atoms with Gasteiger partial charge < -0.3 is 14.1 Å². The van der Waals surface area contributed by atoms with Crippen LogP contribution in [-0.4, -0.2) is 40.8 Å². The van der Waals surface area contributed by atoms with Crippen LogP contribution in [0.15, 0.2) is 22.9 Å². The highest BCUT2D eigenvalue weighted by Crippen LogP contribution is 2.30. The van der Waals surface area contributed by atoms with Gasteiger partial charge >= 0.3 is 0 Å². The van der Waals surface area contributed by atoms with E-state index >= 15 is 0 Å². The normalized spacial score (nSPS) is 17.6. The lowest BCUT2D eigenvalue weighted by molar-refractivity contribution is 0.0673. The summed E-state index contributed by atoms with van der Waals surface area (Å²) in [5.41, 5.74) is 2.92. The van der Waals surface area contributed by atoms with Crippen LogP contribution in [-0.2, 0) is 17.8 Å². The Morgan fingerprint density at radius 2 is 2.36 bits per heavy atom. The van der Waals surface area contributed by atoms with Crippen molar-refractivity contribution in [2.75, 3.05) is 20.3 Å². The number of ether oxygens (including phenoxy) is 1. The number of aryl methyl sites for hydroxylation is 2. The molecule has 3 rings (SSSR count). The quantitative estimate of drug-likeness (QED) is 0.868. The highest BCUT2D eigenvalue weighted by atomic mass is 16.5. The molecule has 1 atom stereocenters. The van der Waals surface area contributed by atoms with Crippen molar-refractivity contribution < 1.29 is 13.9 Å². The SMILES string of the molecule is CCn1ncc2c1[C@H](COC)CN(C(=O)c1ccoc1C)C2. The van der Waals surface area contributed by atoms with E-state index in [9.17, 15) is 4.79 Å². The van der Waals surface area contributed by atoms with Crippen LogP contribution >= 0.6 is 0 Å². The molecule has 0 unspecified atom stereocenters. The van der Waals surface area contributed by atoms with Crippen molar-refractivity contribution in [3.63, 3.8) is 0 Å². The molecule has 0 bridgehead atoms. The molecule has 0 saturated carbocycles. The first kappa shape index (κ1) is 14.8. The van der Waals surface area contributed by atoms with Crippen LogP contribution in [0, 0.1) is 6.92 Å². The Kier molecular flexibility index (Phi) is 4.02. The Morgan fingerprint density at radius 1 is 1.55 bits per heavy atom. The van der Waals surface area contributed by atoms with Crippen LogP contribution in [0.25, 0.3) is 0 Å². The molecule has 2 aromatic rings. The molecule has 0 saturated heterocycles. The monoisotopic (exact) mass is 303 g/mol. The van der Waals surface area contributed by atoms with E-state index in [1.807, 2.05) is 22.7 Å². The number of carbonyl (C=O) groups excluding carboxylic acids is 1. The summed E-state index contributed by atoms with van der Waals surface area (Å²) in [5.74, 6) is 0.804. The summed E-state index contributed by atoms with van der Waals surface area (Å²) in [4.78, 5) is 14.6. The van der Waals surface area contributed by atoms with E-state index in [0.29, 0.717) is 31.0 Å². The number of hydrogen-bond acceptors (Lipinski definition) is 4. The fourth-order valence-corrected chi connectivity index (χ4v) is 3.17. The number of nitrogens with zero attached hydrogens (tertiary/aromatic N) is 3. The van der Waals surface area contributed by atoms with Gasteiger partial charge in [0.15, 0.2) is 0 Å². The van der Waals surface area contributed by atoms with E-state index in [1.54, 1.807) is 19.4 Å². The first-order valence-corrected chi connectivity index (χ1v) is 7.52. The Hall–Kier alpha value is -2.08. The van der Waals surface area contributed by atoms with Gasteiger partial charge in [0.1, 0.15) is 5.76 Å². The number of aromatic nitrogens is 2. The molecule has 118 valence electrons. The third kappa shape index (κ3) is 2.43. The third-order valence-corrected chi connectivity index (χ3v) is 4.19. The highest BCUT2D eigenvalue weighted by Gasteiger charge is 2.32. The molecule has 22 heavy (non-hydrogen) atoms. The molecule has 2 aromatic heterocycles. The topological polar surface area (TPSA) is 60.5 Å². The standard InChI is InChI=1S/C16H21N3O3/c1-4-19-15-12(7-17-19)8-18(9-13(15)10-21-3)16(20)14-5-6-22-11(14)2/h5-7,13H,4,8-10H2,1-3H3/t13-/m0/s1. The molecule has 3 heterocycles. The van der Waals surface area contributed by atoms with Gasteiger partial charge in [-0.05, 0) is 19.9 Å². The summed E-state index contributed by atoms with van der Waals surface area (Å²) >= 11 is 0. The number of hydrogen-bond donors (Lipinski definition) is 0. The number of amides is 1. The molecular formula is C16H21N3O3. The molecule has 0 aromatic carbocycles. The minimum Gasteiger partial charge on any atom is -0.469 e. The first-order valence-electron chi connectivity index (χ1n) is 7.52. The Morgan fingerprint density at radius 3 is 3.00 bits per heavy atom. The van der Waals surface area contributed by atoms with Crippen LogP contribution in [0.4, 0.5) is 0 Å². The van der Waals surface area contributed by atoms with Gasteiger partial charge in [-0.3, -0.25) is 9.48 Å². The smallest absolute Gasteiger partial charge is 0.257 e. The number of carbonyl (C=O) groups is 1. The molecule has 0 radical (unpaired) electrons. The molecule has 1 aliphatic heterocycles. The maximum atomic E-state index is 12.7. The maximum absolute atomic E-state index is 12.7. The highest BCUT2D eigenvalue weighted by molar-refractivity contribution is 5.95. The summed E-state index contributed by atoms with van der Waals surface area (Å²) in [6, 6.07) is 1.73. The molecule has 0 N–H and O–H groups in total. The zero-order valence-electron chi connectivity index (χ0n) is 13.2. The average Bonchev–Trinajstić information content (AvgIpc) is 3.12. The number of rotatable bonds is 4. The molecular weight excluding hydrogens is 282 g/mol. The lowest BCUT2D eigenvalue weighted by Crippen LogP contribution is -2.40. The molecule has 0 aliphatic carbocycles. The van der Waals surface area contributed by atoms with Crippen molar-refractivity contribution in [3.8, 4) is 0 Å². The predicted molar refractivity (Wildman–Crippen MR) is 80.7 cm³/mol. The van der Waals surface area contributed by atoms with Gasteiger partial charge in [0.05, 0.1) is 30.3 Å². The van der Waals surface area contributed by atoms with Crippen LogP contribution in [0.5, 0.6) is 0 Å². The second kappa shape index (κ2) is 5.96. The van der Waals surface area contributed by atoms with E-state index in [-0.39, 0.29) is 11.8 Å². The molecule has 6 nitrogen and oxygen atoms in total. The molecule has 6 heteroatoms. The number of fused-ring (bicyclic) bond motifs is 1. The largest absolute Gasteiger partial charge is 0.469 e. The second-order valence-electron chi connectivity index (χ2n) is 5.60. The van der Waals surface area contributed by atoms with E-state index < -0.39 is 0 Å². The van der Waals surface area contributed by atoms with Gasteiger partial charge in [-0.15, -0.1) is 0 Å². The fraction of sp³-hybridized carbons (Fsp3) is 0.500. The molecule has 0 fully saturated rings. The third-order valence-electron chi connectivity index (χ3n) is 4.19. The first-order chi connectivity index (χ1) is 10.7. The Bertz CT molecular complexity index is 674. The lowest BCUT2D eigenvalue weighted by Gasteiger charge is -2.33. The summed E-state index contributed by atoms with van der Waals surface area (Å²) in [5, 5.41) is 4.43. The van der Waals surface area contributed by atoms with Crippen molar-refractivity contribution in [3.05, 3.63) is 41.1 Å². The Balaban J connectivity index is 1.90. The van der Waals surface area contributed by atoms with Gasteiger partial charge in [0.25, 0.3) is 5.91 Å². The maximum Gasteiger partial charge on any atom is 0.257 e. The molecule has 0 spiro atoms. The molecule has 1 aliphatic rings. The van der Waals surface area contributed by atoms with E-state index in [4.69, 9.17) is 9.15 Å². The van der Waals surface area contributed by atoms with Crippen molar-refractivity contribution in [2.45, 2.75) is 32.9 Å². The lowest BCUT2D eigenvalue weighted by atomic mass is 9.96. The van der Waals surface area contributed by atoms with Crippen LogP contribution in [0.2, 0.25) is 0 Å². The van der Waals surface area contributed by atoms with E-state index in [0.717, 1.165) is 12.1 Å². The van der Waals surface area contributed by atoms with E-state index in [1.165, 1.54) is 5.69 Å². The van der Waals surface area contributed by atoms with Gasteiger partial charge in [-0.2, -0.15) is 5.10 Å². The van der Waals surface area contributed by atoms with E-state index in [2.05, 4.69) is 12.0 Å². The second-order valence-corrected chi connectivity index (χ2v) is 5.60. The summed E-state index contributed by atoms with van der Waals surface area (Å²) < 4.78 is 12.6. The predicted octanol–water partition coefficient (Wildman–Crippen LogP) is 2.19. The van der Waals surface area contributed by atoms with Crippen LogP contribution in [0.1, 0.15) is 40.2 Å². The zero-order chi connectivity index (χ0) is 15.7. The average molecular weight is 303 g/mol. The van der Waals surface area contributed by atoms with Crippen molar-refractivity contribution >= 4 is 5.91 Å². The van der Waals surface area contributed by atoms with Crippen LogP contribution in [0.3, 0.4) is 0 Å². The van der Waals surface area contributed by atoms with Gasteiger partial charge in [0, 0.05) is 38.2 Å². The summed E-state index contributed by atoms with van der Waals surface area (Å²) in [7, 11) is 1.69.